The number of aliphatic hydroxyl groups excluding tert-OH is 1. The van der Waals surface area contributed by atoms with E-state index in [9.17, 15) is 43.5 Å². The van der Waals surface area contributed by atoms with E-state index in [4.69, 9.17) is 37.9 Å². The third-order valence-corrected chi connectivity index (χ3v) is 21.6. The molecule has 0 bridgehead atoms. The summed E-state index contributed by atoms with van der Waals surface area (Å²) >= 11 is 0. The van der Waals surface area contributed by atoms with Crippen LogP contribution >= 0.6 is 0 Å². The number of nitrogens with zero attached hydrogens (tertiary/aromatic N) is 6. The molecular formula is C77H112N6O17. The highest BCUT2D eigenvalue weighted by atomic mass is 16.7. The van der Waals surface area contributed by atoms with Gasteiger partial charge in [-0.05, 0) is 145 Å². The number of carbonyl (C=O) groups is 8. The van der Waals surface area contributed by atoms with Crippen LogP contribution in [-0.4, -0.2) is 160 Å². The van der Waals surface area contributed by atoms with E-state index in [2.05, 4.69) is 42.0 Å². The number of rotatable bonds is 15. The second kappa shape index (κ2) is 33.8. The number of Topliss-reactive ketones (excluding diaryl/α,β-unsaturated/α-hetero) is 4. The summed E-state index contributed by atoms with van der Waals surface area (Å²) in [5.41, 5.74) is -2.64. The molecular weight excluding hydrogens is 1280 g/mol. The van der Waals surface area contributed by atoms with E-state index in [0.29, 0.717) is 56.7 Å². The molecule has 1 amide bonds. The zero-order valence-corrected chi connectivity index (χ0v) is 62.3. The van der Waals surface area contributed by atoms with Crippen molar-refractivity contribution in [3.05, 3.63) is 92.7 Å². The average molecular weight is 1390 g/mol. The van der Waals surface area contributed by atoms with Crippen molar-refractivity contribution >= 4 is 47.3 Å². The van der Waals surface area contributed by atoms with Gasteiger partial charge in [0.2, 0.25) is 0 Å². The van der Waals surface area contributed by atoms with Crippen LogP contribution in [0, 0.1) is 64.1 Å². The first-order valence-electron chi connectivity index (χ1n) is 35.9. The molecule has 5 aliphatic heterocycles. The minimum Gasteiger partial charge on any atom is -0.457 e. The van der Waals surface area contributed by atoms with Crippen molar-refractivity contribution < 1.29 is 81.4 Å². The molecule has 8 heterocycles. The number of aromatic nitrogens is 5. The van der Waals surface area contributed by atoms with E-state index >= 15 is 0 Å². The molecule has 100 heavy (non-hydrogen) atoms. The molecule has 2 unspecified atom stereocenters. The lowest BCUT2D eigenvalue weighted by Crippen LogP contribution is -2.56. The van der Waals surface area contributed by atoms with Crippen molar-refractivity contribution in [2.45, 2.75) is 262 Å². The lowest BCUT2D eigenvalue weighted by atomic mass is 9.70. The van der Waals surface area contributed by atoms with Crippen molar-refractivity contribution in [1.29, 1.82) is 0 Å². The van der Waals surface area contributed by atoms with Crippen molar-refractivity contribution in [2.24, 2.45) is 64.1 Å². The lowest BCUT2D eigenvalue weighted by molar-refractivity contribution is -0.284. The number of allylic oxidation sites excluding steroid dienone is 1. The van der Waals surface area contributed by atoms with Crippen molar-refractivity contribution in [3.8, 4) is 11.3 Å². The van der Waals surface area contributed by atoms with Crippen LogP contribution in [0.25, 0.3) is 11.3 Å². The molecule has 0 aromatic carbocycles. The molecule has 0 saturated carbocycles. The fraction of sp³-hybridized carbons (Fsp3) is 0.675. The van der Waals surface area contributed by atoms with Gasteiger partial charge in [-0.2, -0.15) is 0 Å². The number of fused-ring (bicyclic) bond motifs is 1. The highest BCUT2D eigenvalue weighted by Crippen LogP contribution is 2.46. The van der Waals surface area contributed by atoms with E-state index in [-0.39, 0.29) is 60.7 Å². The molecule has 3 aromatic rings. The number of aliphatic hydroxyl groups is 1. The Morgan fingerprint density at radius 3 is 1.85 bits per heavy atom. The summed E-state index contributed by atoms with van der Waals surface area (Å²) in [7, 11) is 0. The quantitative estimate of drug-likeness (QED) is 0.0486. The number of imidazole rings is 2. The van der Waals surface area contributed by atoms with E-state index in [0.717, 1.165) is 22.2 Å². The lowest BCUT2D eigenvalue weighted by Gasteiger charge is -2.45. The van der Waals surface area contributed by atoms with Gasteiger partial charge < -0.3 is 52.5 Å². The van der Waals surface area contributed by atoms with Gasteiger partial charge in [0.05, 0.1) is 42.5 Å². The minimum atomic E-state index is -1.70. The highest BCUT2D eigenvalue weighted by molar-refractivity contribution is 6.01. The maximum absolute atomic E-state index is 14.3. The maximum Gasteiger partial charge on any atom is 0.420 e. The van der Waals surface area contributed by atoms with Crippen LogP contribution in [0.4, 0.5) is 9.59 Å². The van der Waals surface area contributed by atoms with E-state index in [1.54, 1.807) is 58.2 Å². The van der Waals surface area contributed by atoms with Crippen LogP contribution in [0.5, 0.6) is 0 Å². The van der Waals surface area contributed by atoms with Crippen LogP contribution in [0.1, 0.15) is 182 Å². The maximum atomic E-state index is 14.3. The molecule has 4 fully saturated rings. The molecule has 4 saturated heterocycles. The summed E-state index contributed by atoms with van der Waals surface area (Å²) in [6, 6.07) is 3.00. The zero-order chi connectivity index (χ0) is 74.1. The number of amides is 1. The molecule has 0 radical (unpaired) electrons. The predicted molar refractivity (Wildman–Crippen MR) is 373 cm³/mol. The number of hydrogen-bond acceptors (Lipinski definition) is 20. The Morgan fingerprint density at radius 2 is 1.29 bits per heavy atom. The second-order valence-electron chi connectivity index (χ2n) is 30.5. The first-order chi connectivity index (χ1) is 47.0. The Hall–Kier alpha value is -7.05. The van der Waals surface area contributed by atoms with Crippen molar-refractivity contribution in [3.63, 3.8) is 0 Å². The smallest absolute Gasteiger partial charge is 0.420 e. The Bertz CT molecular complexity index is 3380. The summed E-state index contributed by atoms with van der Waals surface area (Å²) in [4.78, 5) is 125. The molecule has 5 aliphatic rings. The standard InChI is InChI=1S/C42H60N4O9.C35H52N2O8/c1-10-34-42(11-2)33(46(40(51)55-42)18-13-12-17-45-23-31(44-24-45)30-15-14-16-43-22-30)20-32(47)26(4)21-41(8,9)37(28(6)36(49)29(7)38(50)53-34)54-39-35(48)25(3)19-27(5)52-39;1-12-27-35(13-2,45-33(41)37-15-14-36-19-37)18-22(5)28(38)21(4)17-34(10,11)30(25(8)29(39)26(9)31(40)43-27)44-32-24(7)20(3)16-23(6)42-32/h11,14-16,22-29,33-35,37,39,48H,2,10,12-13,17-21H2,1,3-9H3;13-15,18-21,23-27,30,32H,2,12,16-17H2,1,3-11H3/b;22-18+/t25-,26+,27+,28-,29+,33+,34+,35+,37+,39?,42-;20-,21+,23+,24+,25-,26+,27+,30+,32?,35-/m00/s1. The summed E-state index contributed by atoms with van der Waals surface area (Å²) in [5, 5.41) is 11.1. The largest absolute Gasteiger partial charge is 0.457 e. The third-order valence-electron chi connectivity index (χ3n) is 21.6. The summed E-state index contributed by atoms with van der Waals surface area (Å²) in [6.07, 6.45) is 12.0. The number of esters is 2. The Kier molecular flexibility index (Phi) is 27.2. The summed E-state index contributed by atoms with van der Waals surface area (Å²) in [6.45, 7) is 42.2. The average Bonchev–Trinajstić information content (AvgIpc) is 1.56. The molecule has 23 heteroatoms. The fourth-order valence-electron chi connectivity index (χ4n) is 15.7. The molecule has 3 aromatic heterocycles. The van der Waals surface area contributed by atoms with Gasteiger partial charge in [-0.15, -0.1) is 0 Å². The Morgan fingerprint density at radius 1 is 0.720 bits per heavy atom. The third kappa shape index (κ3) is 18.2. The number of carbonyl (C=O) groups excluding carboxylic acids is 8. The van der Waals surface area contributed by atoms with Gasteiger partial charge in [0.1, 0.15) is 42.3 Å². The van der Waals surface area contributed by atoms with Crippen LogP contribution in [0.2, 0.25) is 0 Å². The van der Waals surface area contributed by atoms with Gasteiger partial charge in [-0.1, -0.05) is 103 Å². The number of ether oxygens (including phenoxy) is 8. The van der Waals surface area contributed by atoms with Crippen molar-refractivity contribution in [2.75, 3.05) is 6.54 Å². The number of pyridine rings is 1. The van der Waals surface area contributed by atoms with Gasteiger partial charge in [0.15, 0.2) is 41.1 Å². The monoisotopic (exact) mass is 1390 g/mol. The molecule has 1 N–H and O–H groups in total. The van der Waals surface area contributed by atoms with Gasteiger partial charge in [-0.25, -0.2) is 24.1 Å². The van der Waals surface area contributed by atoms with Crippen LogP contribution in [0.15, 0.2) is 92.7 Å². The SMILES string of the molecule is C=C[C@]1(OC(=O)n2ccnc2)/C=C(\C)C(=O)[C@H](C)CC(C)(C)[C@H](OC2O[C@H](C)C[C@H](C)[C@H]2C)[C@@H](C)C(=O)[C@@H](C)C(=O)O[C@@H]1CC.C=C[C@]12OC(=O)N(CCCCn3cnc(-c4cccnc4)c3)[C@@H]1CC(=O)[C@H](C)CC(C)(C)[C@H](OC1O[C@H](C)C[C@H](C)[C@H]1O)[C@@H](C)C(=O)[C@@H](C)C(=O)O[C@@H]2CC. The molecule has 8 rings (SSSR count). The van der Waals surface area contributed by atoms with E-state index < -0.39 is 137 Å². The van der Waals surface area contributed by atoms with Crippen molar-refractivity contribution in [1.82, 2.24) is 29.0 Å². The summed E-state index contributed by atoms with van der Waals surface area (Å²) in [5.74, 6) is -7.12. The zero-order valence-electron chi connectivity index (χ0n) is 62.3. The first kappa shape index (κ1) is 80.3. The number of aryl methyl sites for hydroxylation is 1. The fourth-order valence-corrected chi connectivity index (χ4v) is 15.7. The molecule has 552 valence electrons. The predicted octanol–water partition coefficient (Wildman–Crippen LogP) is 12.5. The highest BCUT2D eigenvalue weighted by Gasteiger charge is 2.59. The van der Waals surface area contributed by atoms with Crippen LogP contribution < -0.4 is 0 Å². The molecule has 21 atom stereocenters. The van der Waals surface area contributed by atoms with Gasteiger partial charge in [0, 0.05) is 85.6 Å². The second-order valence-corrected chi connectivity index (χ2v) is 30.5. The van der Waals surface area contributed by atoms with E-state index in [1.807, 2.05) is 85.2 Å². The van der Waals surface area contributed by atoms with Gasteiger partial charge in [0.25, 0.3) is 0 Å². The normalized spacial score (nSPS) is 36.2. The molecule has 23 nitrogen and oxygen atoms in total. The number of ketones is 4. The Labute approximate surface area is 591 Å². The molecule has 0 aliphatic carbocycles. The van der Waals surface area contributed by atoms with E-state index in [1.165, 1.54) is 50.8 Å². The minimum absolute atomic E-state index is 0.00463. The van der Waals surface area contributed by atoms with Gasteiger partial charge in [-0.3, -0.25) is 33.8 Å². The topological polar surface area (TPSA) is 282 Å². The van der Waals surface area contributed by atoms with Gasteiger partial charge >= 0.3 is 24.1 Å². The first-order valence-corrected chi connectivity index (χ1v) is 35.9. The number of unbranched alkanes of at least 4 members (excludes halogenated alkanes) is 1. The Balaban J connectivity index is 0.000000287. The van der Waals surface area contributed by atoms with Crippen LogP contribution in [-0.2, 0) is 73.2 Å². The van der Waals surface area contributed by atoms with Crippen LogP contribution in [0.3, 0.4) is 0 Å². The summed E-state index contributed by atoms with van der Waals surface area (Å²) < 4.78 is 52.7. The number of hydrogen-bond donors (Lipinski definition) is 1. The molecule has 0 spiro atoms. The number of cyclic esters (lactones) is 2.